The van der Waals surface area contributed by atoms with E-state index in [1.54, 1.807) is 0 Å². The van der Waals surface area contributed by atoms with Gasteiger partial charge in [-0.1, -0.05) is 0 Å². The van der Waals surface area contributed by atoms with Gasteiger partial charge in [0, 0.05) is 12.3 Å². The highest BCUT2D eigenvalue weighted by Crippen LogP contribution is 2.46. The van der Waals surface area contributed by atoms with E-state index >= 15 is 0 Å². The minimum Gasteiger partial charge on any atom is -0.466 e. The third-order valence-corrected chi connectivity index (χ3v) is 3.55. The van der Waals surface area contributed by atoms with Crippen LogP contribution in [0.2, 0.25) is 0 Å². The van der Waals surface area contributed by atoms with Crippen molar-refractivity contribution in [2.45, 2.75) is 32.6 Å². The predicted octanol–water partition coefficient (Wildman–Crippen LogP) is 1.55. The van der Waals surface area contributed by atoms with Crippen LogP contribution in [0, 0.1) is 17.8 Å². The lowest BCUT2D eigenvalue weighted by Crippen LogP contribution is -2.22. The Morgan fingerprint density at radius 2 is 2.21 bits per heavy atom. The fourth-order valence-electron chi connectivity index (χ4n) is 2.91. The number of carbonyl (C=O) groups is 2. The zero-order valence-corrected chi connectivity index (χ0v) is 8.49. The van der Waals surface area contributed by atoms with Gasteiger partial charge in [-0.3, -0.25) is 9.59 Å². The van der Waals surface area contributed by atoms with Crippen molar-refractivity contribution in [3.05, 3.63) is 0 Å². The third kappa shape index (κ3) is 1.45. The summed E-state index contributed by atoms with van der Waals surface area (Å²) >= 11 is 0. The number of Topliss-reactive ketones (excluding diaryl/α,β-unsaturated/α-hetero) is 1. The second-order valence-electron chi connectivity index (χ2n) is 4.21. The van der Waals surface area contributed by atoms with Crippen molar-refractivity contribution in [1.29, 1.82) is 0 Å². The monoisotopic (exact) mass is 196 g/mol. The SMILES string of the molecule is CCOC(=O)[C@H]1CC[C@@H]2C(=O)CC[C@@H]21. The van der Waals surface area contributed by atoms with Crippen LogP contribution in [0.5, 0.6) is 0 Å². The van der Waals surface area contributed by atoms with Gasteiger partial charge < -0.3 is 4.74 Å². The molecule has 0 radical (unpaired) electrons. The molecule has 0 saturated heterocycles. The molecule has 14 heavy (non-hydrogen) atoms. The van der Waals surface area contributed by atoms with Gasteiger partial charge >= 0.3 is 5.97 Å². The van der Waals surface area contributed by atoms with Crippen molar-refractivity contribution in [2.75, 3.05) is 6.61 Å². The van der Waals surface area contributed by atoms with Crippen LogP contribution in [-0.2, 0) is 14.3 Å². The van der Waals surface area contributed by atoms with E-state index < -0.39 is 0 Å². The first-order valence-corrected chi connectivity index (χ1v) is 5.43. The Kier molecular flexibility index (Phi) is 2.57. The standard InChI is InChI=1S/C11H16O3/c1-2-14-11(13)9-4-3-8-7(9)5-6-10(8)12/h7-9H,2-6H2,1H3/t7-,8-,9-/m0/s1. The van der Waals surface area contributed by atoms with Crippen LogP contribution < -0.4 is 0 Å². The molecule has 0 unspecified atom stereocenters. The first-order valence-electron chi connectivity index (χ1n) is 5.43. The molecule has 0 bridgehead atoms. The van der Waals surface area contributed by atoms with E-state index in [4.69, 9.17) is 4.74 Å². The lowest BCUT2D eigenvalue weighted by Gasteiger charge is -2.15. The molecule has 3 nitrogen and oxygen atoms in total. The summed E-state index contributed by atoms with van der Waals surface area (Å²) in [6.45, 7) is 2.27. The topological polar surface area (TPSA) is 43.4 Å². The fraction of sp³-hybridized carbons (Fsp3) is 0.818. The van der Waals surface area contributed by atoms with E-state index in [9.17, 15) is 9.59 Å². The molecule has 0 heterocycles. The van der Waals surface area contributed by atoms with E-state index in [1.165, 1.54) is 0 Å². The Morgan fingerprint density at radius 1 is 1.43 bits per heavy atom. The van der Waals surface area contributed by atoms with Crippen LogP contribution in [0.15, 0.2) is 0 Å². The van der Waals surface area contributed by atoms with Gasteiger partial charge in [-0.15, -0.1) is 0 Å². The van der Waals surface area contributed by atoms with E-state index in [0.717, 1.165) is 19.3 Å². The van der Waals surface area contributed by atoms with Gasteiger partial charge in [0.05, 0.1) is 12.5 Å². The highest BCUT2D eigenvalue weighted by Gasteiger charge is 2.47. The first-order chi connectivity index (χ1) is 6.74. The first kappa shape index (κ1) is 9.69. The number of hydrogen-bond acceptors (Lipinski definition) is 3. The molecule has 2 rings (SSSR count). The maximum atomic E-state index is 11.6. The van der Waals surface area contributed by atoms with Crippen LogP contribution in [-0.4, -0.2) is 18.4 Å². The van der Waals surface area contributed by atoms with Gasteiger partial charge in [-0.05, 0) is 32.1 Å². The molecular weight excluding hydrogens is 180 g/mol. The van der Waals surface area contributed by atoms with Crippen molar-refractivity contribution in [1.82, 2.24) is 0 Å². The summed E-state index contributed by atoms with van der Waals surface area (Å²) in [5.41, 5.74) is 0. The Bertz CT molecular complexity index is 259. The number of fused-ring (bicyclic) bond motifs is 1. The molecule has 2 aliphatic rings. The zero-order valence-electron chi connectivity index (χ0n) is 8.49. The Labute approximate surface area is 83.8 Å². The number of esters is 1. The average molecular weight is 196 g/mol. The molecule has 0 spiro atoms. The second kappa shape index (κ2) is 3.71. The van der Waals surface area contributed by atoms with E-state index in [0.29, 0.717) is 24.7 Å². The maximum Gasteiger partial charge on any atom is 0.309 e. The summed E-state index contributed by atoms with van der Waals surface area (Å²) in [6.07, 6.45) is 3.31. The smallest absolute Gasteiger partial charge is 0.309 e. The van der Waals surface area contributed by atoms with Gasteiger partial charge in [0.2, 0.25) is 0 Å². The molecule has 2 saturated carbocycles. The molecule has 2 aliphatic carbocycles. The minimum absolute atomic E-state index is 0.00593. The zero-order chi connectivity index (χ0) is 10.1. The van der Waals surface area contributed by atoms with Crippen LogP contribution >= 0.6 is 0 Å². The van der Waals surface area contributed by atoms with E-state index in [2.05, 4.69) is 0 Å². The number of carbonyl (C=O) groups excluding carboxylic acids is 2. The summed E-state index contributed by atoms with van der Waals surface area (Å²) < 4.78 is 5.02. The minimum atomic E-state index is -0.0882. The Balaban J connectivity index is 2.03. The van der Waals surface area contributed by atoms with Crippen LogP contribution in [0.25, 0.3) is 0 Å². The number of ketones is 1. The average Bonchev–Trinajstić information content (AvgIpc) is 2.69. The molecule has 0 aromatic heterocycles. The molecule has 0 aliphatic heterocycles. The van der Waals surface area contributed by atoms with E-state index in [-0.39, 0.29) is 17.8 Å². The van der Waals surface area contributed by atoms with E-state index in [1.807, 2.05) is 6.92 Å². The maximum absolute atomic E-state index is 11.6. The Morgan fingerprint density at radius 3 is 2.93 bits per heavy atom. The molecule has 3 heteroatoms. The quantitative estimate of drug-likeness (QED) is 0.629. The second-order valence-corrected chi connectivity index (χ2v) is 4.21. The lowest BCUT2D eigenvalue weighted by atomic mass is 9.92. The highest BCUT2D eigenvalue weighted by atomic mass is 16.5. The summed E-state index contributed by atoms with van der Waals surface area (Å²) in [5, 5.41) is 0. The third-order valence-electron chi connectivity index (χ3n) is 3.55. The van der Waals surface area contributed by atoms with Gasteiger partial charge in [0.25, 0.3) is 0 Å². The summed E-state index contributed by atoms with van der Waals surface area (Å²) in [4.78, 5) is 23.0. The summed E-state index contributed by atoms with van der Waals surface area (Å²) in [7, 11) is 0. The van der Waals surface area contributed by atoms with Crippen LogP contribution in [0.4, 0.5) is 0 Å². The van der Waals surface area contributed by atoms with Crippen LogP contribution in [0.1, 0.15) is 32.6 Å². The molecule has 0 amide bonds. The van der Waals surface area contributed by atoms with Crippen molar-refractivity contribution < 1.29 is 14.3 Å². The molecule has 2 fully saturated rings. The van der Waals surface area contributed by atoms with Gasteiger partial charge in [-0.25, -0.2) is 0 Å². The largest absolute Gasteiger partial charge is 0.466 e. The Hall–Kier alpha value is -0.860. The summed E-state index contributed by atoms with van der Waals surface area (Å²) in [5.74, 6) is 0.744. The van der Waals surface area contributed by atoms with Gasteiger partial charge in [-0.2, -0.15) is 0 Å². The van der Waals surface area contributed by atoms with Crippen LogP contribution in [0.3, 0.4) is 0 Å². The van der Waals surface area contributed by atoms with Crippen molar-refractivity contribution in [3.8, 4) is 0 Å². The number of hydrogen-bond donors (Lipinski definition) is 0. The molecule has 0 aromatic rings. The summed E-state index contributed by atoms with van der Waals surface area (Å²) in [6, 6.07) is 0. The normalized spacial score (nSPS) is 35.8. The molecule has 0 aromatic carbocycles. The fourth-order valence-corrected chi connectivity index (χ4v) is 2.91. The molecule has 78 valence electrons. The molecule has 0 N–H and O–H groups in total. The number of ether oxygens (including phenoxy) is 1. The highest BCUT2D eigenvalue weighted by molar-refractivity contribution is 5.86. The number of rotatable bonds is 2. The van der Waals surface area contributed by atoms with Crippen molar-refractivity contribution in [3.63, 3.8) is 0 Å². The molecular formula is C11H16O3. The molecule has 3 atom stereocenters. The predicted molar refractivity (Wildman–Crippen MR) is 50.6 cm³/mol. The lowest BCUT2D eigenvalue weighted by molar-refractivity contribution is -0.149. The van der Waals surface area contributed by atoms with Gasteiger partial charge in [0.15, 0.2) is 0 Å². The van der Waals surface area contributed by atoms with Gasteiger partial charge in [0.1, 0.15) is 5.78 Å². The van der Waals surface area contributed by atoms with Crippen molar-refractivity contribution in [2.24, 2.45) is 17.8 Å². The van der Waals surface area contributed by atoms with Crippen molar-refractivity contribution >= 4 is 11.8 Å².